The van der Waals surface area contributed by atoms with Crippen molar-refractivity contribution in [2.45, 2.75) is 13.0 Å². The second-order valence-electron chi connectivity index (χ2n) is 4.74. The Kier molecular flexibility index (Phi) is 5.45. The Morgan fingerprint density at radius 1 is 0.895 bits per heavy atom. The summed E-state index contributed by atoms with van der Waals surface area (Å²) in [6.07, 6.45) is 1.04. The van der Waals surface area contributed by atoms with Crippen molar-refractivity contribution in [2.75, 3.05) is 20.2 Å². The molecule has 0 fully saturated rings. The third-order valence-corrected chi connectivity index (χ3v) is 2.99. The molecule has 2 heteroatoms. The van der Waals surface area contributed by atoms with Crippen LogP contribution in [0, 0.1) is 0 Å². The zero-order valence-electron chi connectivity index (χ0n) is 11.5. The van der Waals surface area contributed by atoms with E-state index in [9.17, 15) is 0 Å². The van der Waals surface area contributed by atoms with E-state index in [-0.39, 0.29) is 0 Å². The van der Waals surface area contributed by atoms with Crippen molar-refractivity contribution in [3.05, 3.63) is 66.2 Å². The smallest absolute Gasteiger partial charge is 0.119 e. The van der Waals surface area contributed by atoms with Crippen molar-refractivity contribution in [1.29, 1.82) is 0 Å². The summed E-state index contributed by atoms with van der Waals surface area (Å²) in [7, 11) is 2.15. The van der Waals surface area contributed by atoms with Crippen LogP contribution in [0.25, 0.3) is 0 Å². The number of rotatable bonds is 7. The van der Waals surface area contributed by atoms with E-state index >= 15 is 0 Å². The van der Waals surface area contributed by atoms with Gasteiger partial charge in [-0.1, -0.05) is 48.5 Å². The normalized spacial score (nSPS) is 10.6. The van der Waals surface area contributed by atoms with Gasteiger partial charge >= 0.3 is 0 Å². The van der Waals surface area contributed by atoms with E-state index in [4.69, 9.17) is 4.74 Å². The summed E-state index contributed by atoms with van der Waals surface area (Å²) in [5.74, 6) is 0.952. The molecular formula is C17H21NO. The maximum Gasteiger partial charge on any atom is 0.119 e. The number of hydrogen-bond donors (Lipinski definition) is 0. The Labute approximate surface area is 115 Å². The molecule has 2 nitrogen and oxygen atoms in total. The first-order valence-corrected chi connectivity index (χ1v) is 6.75. The van der Waals surface area contributed by atoms with Crippen molar-refractivity contribution < 1.29 is 4.74 Å². The summed E-state index contributed by atoms with van der Waals surface area (Å²) in [5.41, 5.74) is 1.36. The van der Waals surface area contributed by atoms with E-state index in [1.165, 1.54) is 5.56 Å². The van der Waals surface area contributed by atoms with Gasteiger partial charge in [-0.3, -0.25) is 0 Å². The van der Waals surface area contributed by atoms with Crippen LogP contribution in [0.2, 0.25) is 0 Å². The predicted octanol–water partition coefficient (Wildman–Crippen LogP) is 3.59. The van der Waals surface area contributed by atoms with E-state index in [0.29, 0.717) is 0 Å². The highest BCUT2D eigenvalue weighted by Gasteiger charge is 2.00. The van der Waals surface area contributed by atoms with Crippen LogP contribution < -0.4 is 4.74 Å². The monoisotopic (exact) mass is 255 g/mol. The Morgan fingerprint density at radius 3 is 2.21 bits per heavy atom. The van der Waals surface area contributed by atoms with E-state index in [1.807, 2.05) is 30.3 Å². The van der Waals surface area contributed by atoms with Crippen LogP contribution in [-0.2, 0) is 6.54 Å². The summed E-state index contributed by atoms with van der Waals surface area (Å²) in [5, 5.41) is 0. The molecule has 0 amide bonds. The quantitative estimate of drug-likeness (QED) is 0.701. The first-order valence-electron chi connectivity index (χ1n) is 6.75. The summed E-state index contributed by atoms with van der Waals surface area (Å²) < 4.78 is 5.68. The van der Waals surface area contributed by atoms with Gasteiger partial charge in [0.15, 0.2) is 0 Å². The van der Waals surface area contributed by atoms with E-state index in [0.717, 1.165) is 31.9 Å². The van der Waals surface area contributed by atoms with Gasteiger partial charge in [-0.25, -0.2) is 0 Å². The lowest BCUT2D eigenvalue weighted by Gasteiger charge is -2.16. The second-order valence-corrected chi connectivity index (χ2v) is 4.74. The predicted molar refractivity (Wildman–Crippen MR) is 79.3 cm³/mol. The molecule has 2 rings (SSSR count). The molecule has 19 heavy (non-hydrogen) atoms. The summed E-state index contributed by atoms with van der Waals surface area (Å²) >= 11 is 0. The molecule has 0 unspecified atom stereocenters. The number of ether oxygens (including phenoxy) is 1. The van der Waals surface area contributed by atoms with Crippen LogP contribution in [0.1, 0.15) is 12.0 Å². The number of benzene rings is 2. The van der Waals surface area contributed by atoms with Gasteiger partial charge in [-0.15, -0.1) is 0 Å². The SMILES string of the molecule is CN(CCCOc1ccccc1)Cc1ccccc1. The molecule has 100 valence electrons. The van der Waals surface area contributed by atoms with Gasteiger partial charge in [0.1, 0.15) is 5.75 Å². The third-order valence-electron chi connectivity index (χ3n) is 2.99. The summed E-state index contributed by atoms with van der Waals surface area (Å²) in [4.78, 5) is 2.32. The average molecular weight is 255 g/mol. The first-order chi connectivity index (χ1) is 9.34. The lowest BCUT2D eigenvalue weighted by atomic mass is 10.2. The fourth-order valence-corrected chi connectivity index (χ4v) is 2.02. The molecule has 0 aromatic heterocycles. The average Bonchev–Trinajstić information content (AvgIpc) is 2.46. The van der Waals surface area contributed by atoms with Crippen LogP contribution in [0.4, 0.5) is 0 Å². The highest BCUT2D eigenvalue weighted by atomic mass is 16.5. The van der Waals surface area contributed by atoms with Crippen molar-refractivity contribution in [3.63, 3.8) is 0 Å². The van der Waals surface area contributed by atoms with Crippen molar-refractivity contribution in [1.82, 2.24) is 4.90 Å². The lowest BCUT2D eigenvalue weighted by Crippen LogP contribution is -2.20. The minimum atomic E-state index is 0.767. The van der Waals surface area contributed by atoms with Gasteiger partial charge in [-0.2, -0.15) is 0 Å². The van der Waals surface area contributed by atoms with E-state index < -0.39 is 0 Å². The van der Waals surface area contributed by atoms with Gasteiger partial charge in [0, 0.05) is 13.1 Å². The number of para-hydroxylation sites is 1. The van der Waals surface area contributed by atoms with Crippen LogP contribution in [0.3, 0.4) is 0 Å². The molecule has 2 aromatic carbocycles. The van der Waals surface area contributed by atoms with Crippen LogP contribution in [-0.4, -0.2) is 25.1 Å². The van der Waals surface area contributed by atoms with Gasteiger partial charge in [0.05, 0.1) is 6.61 Å². The van der Waals surface area contributed by atoms with Crippen LogP contribution >= 0.6 is 0 Å². The van der Waals surface area contributed by atoms with Crippen molar-refractivity contribution >= 4 is 0 Å². The fraction of sp³-hybridized carbons (Fsp3) is 0.294. The van der Waals surface area contributed by atoms with Gasteiger partial charge in [-0.05, 0) is 31.2 Å². The van der Waals surface area contributed by atoms with Crippen LogP contribution in [0.15, 0.2) is 60.7 Å². The van der Waals surface area contributed by atoms with Crippen molar-refractivity contribution in [3.8, 4) is 5.75 Å². The zero-order valence-corrected chi connectivity index (χ0v) is 11.5. The minimum Gasteiger partial charge on any atom is -0.494 e. The molecular weight excluding hydrogens is 234 g/mol. The third kappa shape index (κ3) is 5.14. The van der Waals surface area contributed by atoms with Crippen molar-refractivity contribution in [2.24, 2.45) is 0 Å². The molecule has 0 N–H and O–H groups in total. The molecule has 0 atom stereocenters. The number of hydrogen-bond acceptors (Lipinski definition) is 2. The molecule has 0 saturated carbocycles. The minimum absolute atomic E-state index is 0.767. The van der Waals surface area contributed by atoms with E-state index in [1.54, 1.807) is 0 Å². The van der Waals surface area contributed by atoms with Gasteiger partial charge in [0.25, 0.3) is 0 Å². The highest BCUT2D eigenvalue weighted by Crippen LogP contribution is 2.09. The molecule has 0 saturated heterocycles. The molecule has 0 heterocycles. The fourth-order valence-electron chi connectivity index (χ4n) is 2.02. The van der Waals surface area contributed by atoms with Gasteiger partial charge < -0.3 is 9.64 Å². The van der Waals surface area contributed by atoms with Gasteiger partial charge in [0.2, 0.25) is 0 Å². The Balaban J connectivity index is 1.63. The second kappa shape index (κ2) is 7.59. The topological polar surface area (TPSA) is 12.5 Å². The first kappa shape index (κ1) is 13.6. The zero-order chi connectivity index (χ0) is 13.3. The largest absolute Gasteiger partial charge is 0.494 e. The van der Waals surface area contributed by atoms with E-state index in [2.05, 4.69) is 42.3 Å². The standard InChI is InChI=1S/C17H21NO/c1-18(15-16-9-4-2-5-10-16)13-8-14-19-17-11-6-3-7-12-17/h2-7,9-12H,8,13-15H2,1H3. The highest BCUT2D eigenvalue weighted by molar-refractivity contribution is 5.20. The summed E-state index contributed by atoms with van der Waals surface area (Å²) in [6.45, 7) is 2.80. The molecule has 0 aliphatic carbocycles. The lowest BCUT2D eigenvalue weighted by molar-refractivity contribution is 0.259. The molecule has 0 aliphatic rings. The maximum atomic E-state index is 5.68. The van der Waals surface area contributed by atoms with Crippen LogP contribution in [0.5, 0.6) is 5.75 Å². The Hall–Kier alpha value is -1.80. The molecule has 0 radical (unpaired) electrons. The summed E-state index contributed by atoms with van der Waals surface area (Å²) in [6, 6.07) is 20.5. The Bertz CT molecular complexity index is 455. The molecule has 0 bridgehead atoms. The molecule has 2 aromatic rings. The Morgan fingerprint density at radius 2 is 1.53 bits per heavy atom. The molecule has 0 spiro atoms. The molecule has 0 aliphatic heterocycles. The number of nitrogens with zero attached hydrogens (tertiary/aromatic N) is 1. The maximum absolute atomic E-state index is 5.68.